The van der Waals surface area contributed by atoms with Gasteiger partial charge in [0.15, 0.2) is 0 Å². The average Bonchev–Trinajstić information content (AvgIpc) is 2.83. The second-order valence-corrected chi connectivity index (χ2v) is 3.65. The van der Waals surface area contributed by atoms with Crippen LogP contribution in [0.15, 0.2) is 40.4 Å². The Labute approximate surface area is 91.6 Å². The molecule has 0 saturated heterocycles. The molecule has 1 aromatic carbocycles. The van der Waals surface area contributed by atoms with Crippen molar-refractivity contribution in [3.63, 3.8) is 0 Å². The molecule has 0 saturated carbocycles. The van der Waals surface area contributed by atoms with E-state index in [0.717, 1.165) is 22.2 Å². The van der Waals surface area contributed by atoms with Crippen molar-refractivity contribution >= 4 is 40.2 Å². The second-order valence-electron chi connectivity index (χ2n) is 3.29. The summed E-state index contributed by atoms with van der Waals surface area (Å²) in [6.07, 6.45) is 3.64. The van der Waals surface area contributed by atoms with E-state index in [-0.39, 0.29) is 0 Å². The normalized spacial score (nSPS) is 14.9. The first-order chi connectivity index (χ1) is 7.34. The molecule has 2 aromatic rings. The molecule has 4 heteroatoms. The number of nitrogens with zero attached hydrogens (tertiary/aromatic N) is 2. The molecule has 1 aliphatic heterocycles. The summed E-state index contributed by atoms with van der Waals surface area (Å²) in [4.78, 5) is 11.4. The van der Waals surface area contributed by atoms with Gasteiger partial charge < -0.3 is 4.98 Å². The second kappa shape index (κ2) is 3.10. The van der Waals surface area contributed by atoms with E-state index in [4.69, 9.17) is 12.2 Å². The lowest BCUT2D eigenvalue weighted by atomic mass is 10.1. The molecule has 0 amide bonds. The van der Waals surface area contributed by atoms with Gasteiger partial charge >= 0.3 is 0 Å². The van der Waals surface area contributed by atoms with Gasteiger partial charge in [0, 0.05) is 22.7 Å². The van der Waals surface area contributed by atoms with Crippen molar-refractivity contribution in [2.24, 2.45) is 9.98 Å². The van der Waals surface area contributed by atoms with Gasteiger partial charge in [0.2, 0.25) is 5.11 Å². The summed E-state index contributed by atoms with van der Waals surface area (Å²) < 4.78 is 0. The number of aromatic amines is 1. The van der Waals surface area contributed by atoms with Crippen LogP contribution in [0, 0.1) is 0 Å². The van der Waals surface area contributed by atoms with Gasteiger partial charge in [-0.3, -0.25) is 0 Å². The summed E-state index contributed by atoms with van der Waals surface area (Å²) in [5, 5.41) is 1.54. The minimum absolute atomic E-state index is 0.398. The van der Waals surface area contributed by atoms with Gasteiger partial charge in [0.1, 0.15) is 0 Å². The van der Waals surface area contributed by atoms with Crippen LogP contribution in [0.3, 0.4) is 0 Å². The fraction of sp³-hybridized carbons (Fsp3) is 0. The standard InChI is InChI=1S/C11H7N3S/c15-11-13-6-10(14-11)8-5-12-9-4-2-1-3-7(8)9/h1-6,12H. The molecule has 1 aliphatic rings. The molecule has 15 heavy (non-hydrogen) atoms. The van der Waals surface area contributed by atoms with Gasteiger partial charge in [-0.05, 0) is 18.3 Å². The lowest BCUT2D eigenvalue weighted by Crippen LogP contribution is -1.97. The zero-order valence-corrected chi connectivity index (χ0v) is 8.58. The minimum atomic E-state index is 0.398. The topological polar surface area (TPSA) is 40.5 Å². The zero-order chi connectivity index (χ0) is 10.3. The lowest BCUT2D eigenvalue weighted by Gasteiger charge is -1.93. The fourth-order valence-corrected chi connectivity index (χ4v) is 1.84. The van der Waals surface area contributed by atoms with Gasteiger partial charge in [-0.15, -0.1) is 0 Å². The number of fused-ring (bicyclic) bond motifs is 1. The van der Waals surface area contributed by atoms with Crippen molar-refractivity contribution in [2.75, 3.05) is 0 Å². The molecule has 1 N–H and O–H groups in total. The number of thiocarbonyl (C=S) groups is 1. The van der Waals surface area contributed by atoms with Crippen LogP contribution < -0.4 is 0 Å². The Bertz CT molecular complexity index is 607. The molecule has 0 unspecified atom stereocenters. The van der Waals surface area contributed by atoms with Gasteiger partial charge in [0.25, 0.3) is 0 Å². The number of aliphatic imine (C=N–C) groups is 2. The first kappa shape index (κ1) is 8.49. The quantitative estimate of drug-likeness (QED) is 0.726. The van der Waals surface area contributed by atoms with E-state index in [2.05, 4.69) is 21.0 Å². The Balaban J connectivity index is 2.24. The van der Waals surface area contributed by atoms with Crippen LogP contribution >= 0.6 is 12.2 Å². The highest BCUT2D eigenvalue weighted by Crippen LogP contribution is 2.19. The molecular formula is C11H7N3S. The summed E-state index contributed by atoms with van der Waals surface area (Å²) in [6, 6.07) is 8.09. The first-order valence-electron chi connectivity index (χ1n) is 4.58. The molecule has 72 valence electrons. The van der Waals surface area contributed by atoms with Crippen molar-refractivity contribution < 1.29 is 0 Å². The monoisotopic (exact) mass is 213 g/mol. The maximum atomic E-state index is 4.90. The third-order valence-corrected chi connectivity index (χ3v) is 2.58. The van der Waals surface area contributed by atoms with Crippen LogP contribution in [0.25, 0.3) is 10.9 Å². The van der Waals surface area contributed by atoms with E-state index >= 15 is 0 Å². The predicted octanol–water partition coefficient (Wildman–Crippen LogP) is 2.33. The van der Waals surface area contributed by atoms with Crippen LogP contribution in [-0.4, -0.2) is 22.0 Å². The Hall–Kier alpha value is -1.81. The predicted molar refractivity (Wildman–Crippen MR) is 65.9 cm³/mol. The first-order valence-corrected chi connectivity index (χ1v) is 4.98. The van der Waals surface area contributed by atoms with Crippen molar-refractivity contribution in [2.45, 2.75) is 0 Å². The molecule has 1 aromatic heterocycles. The van der Waals surface area contributed by atoms with Gasteiger partial charge in [-0.25, -0.2) is 9.98 Å². The summed E-state index contributed by atoms with van der Waals surface area (Å²) in [7, 11) is 0. The van der Waals surface area contributed by atoms with Gasteiger partial charge in [-0.1, -0.05) is 18.2 Å². The number of H-pyrrole nitrogens is 1. The molecule has 3 nitrogen and oxygen atoms in total. The Morgan fingerprint density at radius 2 is 2.07 bits per heavy atom. The van der Waals surface area contributed by atoms with E-state index < -0.39 is 0 Å². The Kier molecular flexibility index (Phi) is 1.76. The number of hydrogen-bond donors (Lipinski definition) is 1. The number of hydrogen-bond acceptors (Lipinski definition) is 1. The van der Waals surface area contributed by atoms with Crippen molar-refractivity contribution in [3.8, 4) is 0 Å². The molecule has 0 bridgehead atoms. The highest BCUT2D eigenvalue weighted by molar-refractivity contribution is 7.80. The number of nitrogens with one attached hydrogen (secondary N) is 1. The summed E-state index contributed by atoms with van der Waals surface area (Å²) in [5.74, 6) is 0. The van der Waals surface area contributed by atoms with Crippen molar-refractivity contribution in [1.29, 1.82) is 0 Å². The van der Waals surface area contributed by atoms with E-state index in [1.54, 1.807) is 6.21 Å². The largest absolute Gasteiger partial charge is 0.360 e. The SMILES string of the molecule is S=C1N=CC(c2c[nH]c3ccccc23)=N1. The van der Waals surface area contributed by atoms with E-state index in [1.165, 1.54) is 0 Å². The minimum Gasteiger partial charge on any atom is -0.360 e. The average molecular weight is 213 g/mol. The lowest BCUT2D eigenvalue weighted by molar-refractivity contribution is 1.47. The van der Waals surface area contributed by atoms with E-state index in [1.807, 2.05) is 24.4 Å². The van der Waals surface area contributed by atoms with Crippen molar-refractivity contribution in [1.82, 2.24) is 4.98 Å². The number of para-hydroxylation sites is 1. The number of benzene rings is 1. The molecular weight excluding hydrogens is 206 g/mol. The summed E-state index contributed by atoms with van der Waals surface area (Å²) in [6.45, 7) is 0. The molecule has 0 atom stereocenters. The number of rotatable bonds is 1. The molecule has 2 heterocycles. The molecule has 0 spiro atoms. The Morgan fingerprint density at radius 3 is 2.87 bits per heavy atom. The molecule has 0 radical (unpaired) electrons. The summed E-state index contributed by atoms with van der Waals surface area (Å²) in [5.41, 5.74) is 2.98. The van der Waals surface area contributed by atoms with Gasteiger partial charge in [-0.2, -0.15) is 0 Å². The van der Waals surface area contributed by atoms with E-state index in [0.29, 0.717) is 5.11 Å². The van der Waals surface area contributed by atoms with Crippen LogP contribution in [0.5, 0.6) is 0 Å². The van der Waals surface area contributed by atoms with Crippen LogP contribution in [0.1, 0.15) is 5.56 Å². The van der Waals surface area contributed by atoms with Crippen LogP contribution in [0.2, 0.25) is 0 Å². The maximum Gasteiger partial charge on any atom is 0.219 e. The third kappa shape index (κ3) is 1.30. The molecule has 0 fully saturated rings. The van der Waals surface area contributed by atoms with Gasteiger partial charge in [0.05, 0.1) is 11.9 Å². The zero-order valence-electron chi connectivity index (χ0n) is 7.77. The fourth-order valence-electron chi connectivity index (χ4n) is 1.69. The van der Waals surface area contributed by atoms with Crippen LogP contribution in [-0.2, 0) is 0 Å². The molecule has 0 aliphatic carbocycles. The summed E-state index contributed by atoms with van der Waals surface area (Å²) >= 11 is 4.90. The molecule has 3 rings (SSSR count). The maximum absolute atomic E-state index is 4.90. The third-order valence-electron chi connectivity index (χ3n) is 2.38. The van der Waals surface area contributed by atoms with Crippen LogP contribution in [0.4, 0.5) is 0 Å². The Morgan fingerprint density at radius 1 is 1.20 bits per heavy atom. The highest BCUT2D eigenvalue weighted by Gasteiger charge is 2.12. The van der Waals surface area contributed by atoms with E-state index in [9.17, 15) is 0 Å². The highest BCUT2D eigenvalue weighted by atomic mass is 32.1. The number of aromatic nitrogens is 1. The van der Waals surface area contributed by atoms with Crippen molar-refractivity contribution in [3.05, 3.63) is 36.0 Å². The smallest absolute Gasteiger partial charge is 0.219 e.